The van der Waals surface area contributed by atoms with Crippen molar-refractivity contribution in [2.24, 2.45) is 0 Å². The third kappa shape index (κ3) is 6.17. The number of hydrogen-bond acceptors (Lipinski definition) is 6. The van der Waals surface area contributed by atoms with Gasteiger partial charge in [-0.3, -0.25) is 20.4 Å². The topological polar surface area (TPSA) is 83.6 Å². The van der Waals surface area contributed by atoms with Gasteiger partial charge in [0.1, 0.15) is 0 Å². The summed E-state index contributed by atoms with van der Waals surface area (Å²) < 4.78 is 18.5. The second-order valence-electron chi connectivity index (χ2n) is 6.43. The summed E-state index contributed by atoms with van der Waals surface area (Å²) in [5.41, 5.74) is 7.63. The quantitative estimate of drug-likeness (QED) is 0.308. The Morgan fingerprint density at radius 2 is 1.93 bits per heavy atom. The minimum Gasteiger partial charge on any atom is -0.479 e. The summed E-state index contributed by atoms with van der Waals surface area (Å²) >= 11 is 0. The van der Waals surface area contributed by atoms with Gasteiger partial charge in [0.2, 0.25) is 5.88 Å². The molecule has 152 valence electrons. The fraction of sp³-hybridized carbons (Fsp3) is 0.190. The molecule has 0 saturated heterocycles. The number of hydrogen-bond donors (Lipinski definition) is 2. The highest BCUT2D eigenvalue weighted by Crippen LogP contribution is 2.18. The molecule has 2 aromatic rings. The van der Waals surface area contributed by atoms with E-state index in [0.29, 0.717) is 17.4 Å². The maximum Gasteiger partial charge on any atom is 0.271 e. The van der Waals surface area contributed by atoms with Crippen molar-refractivity contribution in [3.63, 3.8) is 0 Å². The van der Waals surface area contributed by atoms with Crippen molar-refractivity contribution in [1.29, 1.82) is 0 Å². The molecule has 0 aliphatic heterocycles. The summed E-state index contributed by atoms with van der Waals surface area (Å²) in [7, 11) is 4.82. The fourth-order valence-corrected chi connectivity index (χ4v) is 2.38. The average molecular weight is 398 g/mol. The molecule has 0 aliphatic carbocycles. The summed E-state index contributed by atoms with van der Waals surface area (Å²) in [5, 5.41) is 0. The number of hydrazine groups is 1. The highest BCUT2D eigenvalue weighted by Gasteiger charge is 2.11. The van der Waals surface area contributed by atoms with E-state index < -0.39 is 11.7 Å². The summed E-state index contributed by atoms with van der Waals surface area (Å²) in [6, 6.07) is 8.53. The average Bonchev–Trinajstić information content (AvgIpc) is 2.70. The minimum atomic E-state index is -0.668. The van der Waals surface area contributed by atoms with Crippen LogP contribution in [0.5, 0.6) is 5.88 Å². The third-order valence-corrected chi connectivity index (χ3v) is 3.80. The fourth-order valence-electron chi connectivity index (χ4n) is 2.38. The number of rotatable bonds is 8. The van der Waals surface area contributed by atoms with Crippen LogP contribution >= 0.6 is 0 Å². The van der Waals surface area contributed by atoms with Crippen molar-refractivity contribution in [3.05, 3.63) is 71.3 Å². The number of amides is 1. The molecule has 2 rings (SSSR count). The number of carbonyl (C=O) groups is 2. The summed E-state index contributed by atoms with van der Waals surface area (Å²) in [4.78, 5) is 29.7. The predicted molar refractivity (Wildman–Crippen MR) is 110 cm³/mol. The lowest BCUT2D eigenvalue weighted by atomic mass is 10.0. The van der Waals surface area contributed by atoms with Crippen LogP contribution < -0.4 is 15.6 Å². The summed E-state index contributed by atoms with van der Waals surface area (Å²) in [6.45, 7) is 1.95. The van der Waals surface area contributed by atoms with Crippen molar-refractivity contribution < 1.29 is 18.7 Å². The normalized spacial score (nSPS) is 11.6. The number of aldehydes is 1. The first-order chi connectivity index (χ1) is 13.8. The van der Waals surface area contributed by atoms with Gasteiger partial charge in [-0.1, -0.05) is 29.8 Å². The maximum absolute atomic E-state index is 13.7. The lowest BCUT2D eigenvalue weighted by Gasteiger charge is -2.13. The van der Waals surface area contributed by atoms with Crippen LogP contribution in [0.3, 0.4) is 0 Å². The molecular weight excluding hydrogens is 375 g/mol. The molecule has 29 heavy (non-hydrogen) atoms. The van der Waals surface area contributed by atoms with E-state index in [2.05, 4.69) is 15.8 Å². The molecule has 0 saturated carbocycles. The molecule has 0 bridgehead atoms. The number of aryl methyl sites for hydroxylation is 1. The number of ether oxygens (including phenoxy) is 1. The smallest absolute Gasteiger partial charge is 0.271 e. The molecule has 2 N–H and O–H groups in total. The van der Waals surface area contributed by atoms with Gasteiger partial charge in [0.05, 0.1) is 24.6 Å². The molecule has 1 aromatic carbocycles. The SMILES string of the molecule is COc1ncc(NNC(=O)C(/C=C(\C=O)c2ccc(C)cc2)=C/N(C)C)cc1F. The largest absolute Gasteiger partial charge is 0.479 e. The van der Waals surface area contributed by atoms with E-state index in [1.165, 1.54) is 19.4 Å². The van der Waals surface area contributed by atoms with Crippen molar-refractivity contribution in [2.75, 3.05) is 26.6 Å². The Balaban J connectivity index is 2.22. The first-order valence-electron chi connectivity index (χ1n) is 8.72. The van der Waals surface area contributed by atoms with Crippen molar-refractivity contribution in [1.82, 2.24) is 15.3 Å². The van der Waals surface area contributed by atoms with Gasteiger partial charge < -0.3 is 9.64 Å². The Kier molecular flexibility index (Phi) is 7.47. The Morgan fingerprint density at radius 3 is 2.48 bits per heavy atom. The van der Waals surface area contributed by atoms with Gasteiger partial charge in [0.15, 0.2) is 12.1 Å². The molecule has 1 amide bonds. The van der Waals surface area contributed by atoms with E-state index in [1.54, 1.807) is 25.2 Å². The number of nitrogens with zero attached hydrogens (tertiary/aromatic N) is 2. The molecule has 0 atom stereocenters. The zero-order valence-electron chi connectivity index (χ0n) is 16.7. The number of anilines is 1. The molecular formula is C21H23FN4O3. The number of methoxy groups -OCH3 is 1. The summed E-state index contributed by atoms with van der Waals surface area (Å²) in [5.74, 6) is -1.33. The van der Waals surface area contributed by atoms with Crippen LogP contribution in [-0.2, 0) is 9.59 Å². The Hall–Kier alpha value is -3.68. The van der Waals surface area contributed by atoms with E-state index >= 15 is 0 Å². The predicted octanol–water partition coefficient (Wildman–Crippen LogP) is 2.71. The van der Waals surface area contributed by atoms with Gasteiger partial charge in [-0.2, -0.15) is 0 Å². The summed E-state index contributed by atoms with van der Waals surface area (Å²) in [6.07, 6.45) is 5.07. The molecule has 1 heterocycles. The Morgan fingerprint density at radius 1 is 1.24 bits per heavy atom. The number of nitrogens with one attached hydrogen (secondary N) is 2. The van der Waals surface area contributed by atoms with E-state index in [1.807, 2.05) is 31.2 Å². The number of carbonyl (C=O) groups excluding carboxylic acids is 2. The number of aromatic nitrogens is 1. The first kappa shape index (κ1) is 21.6. The number of pyridine rings is 1. The number of benzene rings is 1. The molecule has 0 radical (unpaired) electrons. The van der Waals surface area contributed by atoms with Gasteiger partial charge in [0, 0.05) is 31.9 Å². The van der Waals surface area contributed by atoms with Gasteiger partial charge in [-0.25, -0.2) is 9.37 Å². The van der Waals surface area contributed by atoms with Crippen molar-refractivity contribution >= 4 is 23.5 Å². The lowest BCUT2D eigenvalue weighted by molar-refractivity contribution is -0.116. The minimum absolute atomic E-state index is 0.147. The Bertz CT molecular complexity index is 937. The van der Waals surface area contributed by atoms with Crippen LogP contribution in [-0.4, -0.2) is 43.3 Å². The van der Waals surface area contributed by atoms with E-state index in [9.17, 15) is 14.0 Å². The zero-order chi connectivity index (χ0) is 21.4. The third-order valence-electron chi connectivity index (χ3n) is 3.80. The molecule has 0 aliphatic rings. The maximum atomic E-state index is 13.7. The van der Waals surface area contributed by atoms with Crippen LogP contribution in [0.1, 0.15) is 11.1 Å². The molecule has 1 aromatic heterocycles. The van der Waals surface area contributed by atoms with Crippen LogP contribution in [0.15, 0.2) is 54.4 Å². The molecule has 0 unspecified atom stereocenters. The van der Waals surface area contributed by atoms with Crippen LogP contribution in [0, 0.1) is 12.7 Å². The molecule has 0 spiro atoms. The van der Waals surface area contributed by atoms with E-state index in [-0.39, 0.29) is 17.1 Å². The van der Waals surface area contributed by atoms with Gasteiger partial charge in [0.25, 0.3) is 5.91 Å². The lowest BCUT2D eigenvalue weighted by Crippen LogP contribution is -2.31. The number of halogens is 1. The van der Waals surface area contributed by atoms with Crippen LogP contribution in [0.4, 0.5) is 10.1 Å². The highest BCUT2D eigenvalue weighted by molar-refractivity contribution is 6.11. The second kappa shape index (κ2) is 10.0. The molecule has 8 heteroatoms. The second-order valence-corrected chi connectivity index (χ2v) is 6.43. The van der Waals surface area contributed by atoms with E-state index in [4.69, 9.17) is 4.74 Å². The van der Waals surface area contributed by atoms with Crippen LogP contribution in [0.2, 0.25) is 0 Å². The Labute approximate surface area is 168 Å². The van der Waals surface area contributed by atoms with Gasteiger partial charge in [-0.05, 0) is 18.6 Å². The van der Waals surface area contributed by atoms with Gasteiger partial charge >= 0.3 is 0 Å². The number of allylic oxidation sites excluding steroid dienone is 1. The van der Waals surface area contributed by atoms with E-state index in [0.717, 1.165) is 11.6 Å². The zero-order valence-corrected chi connectivity index (χ0v) is 16.7. The van der Waals surface area contributed by atoms with Gasteiger partial charge in [-0.15, -0.1) is 0 Å². The van der Waals surface area contributed by atoms with Crippen LogP contribution in [0.25, 0.3) is 5.57 Å². The van der Waals surface area contributed by atoms with Crippen molar-refractivity contribution in [2.45, 2.75) is 6.92 Å². The highest BCUT2D eigenvalue weighted by atomic mass is 19.1. The molecule has 0 fully saturated rings. The first-order valence-corrected chi connectivity index (χ1v) is 8.72. The molecule has 7 nitrogen and oxygen atoms in total. The van der Waals surface area contributed by atoms with Crippen molar-refractivity contribution in [3.8, 4) is 5.88 Å². The standard InChI is InChI=1S/C21H23FN4O3/c1-14-5-7-15(8-6-14)17(13-27)9-16(12-26(2)3)20(28)25-24-18-10-19(22)21(29-4)23-11-18/h5-13,24H,1-4H3,(H,25,28)/b16-12+,17-9+. The monoisotopic (exact) mass is 398 g/mol.